The van der Waals surface area contributed by atoms with E-state index in [1.54, 1.807) is 7.11 Å². The van der Waals surface area contributed by atoms with Gasteiger partial charge in [0, 0.05) is 11.3 Å². The summed E-state index contributed by atoms with van der Waals surface area (Å²) in [6.45, 7) is 1.58. The number of nitrogens with zero attached hydrogens (tertiary/aromatic N) is 2. The molecule has 0 saturated heterocycles. The molecule has 0 amide bonds. The minimum absolute atomic E-state index is 0.589. The summed E-state index contributed by atoms with van der Waals surface area (Å²) >= 11 is 1.82. The van der Waals surface area contributed by atoms with E-state index in [0.717, 1.165) is 40.9 Å². The van der Waals surface area contributed by atoms with Crippen LogP contribution in [0.5, 0.6) is 5.75 Å². The third kappa shape index (κ3) is 2.48. The van der Waals surface area contributed by atoms with E-state index in [0.29, 0.717) is 6.54 Å². The smallest absolute Gasteiger partial charge is 0.316 e. The van der Waals surface area contributed by atoms with E-state index in [-0.39, 0.29) is 0 Å². The molecule has 0 saturated carbocycles. The van der Waals surface area contributed by atoms with E-state index >= 15 is 0 Å². The first-order valence-electron chi connectivity index (χ1n) is 8.19. The summed E-state index contributed by atoms with van der Waals surface area (Å²) in [5.41, 5.74) is 0.847. The molecule has 4 rings (SSSR count). The number of hydrogen-bond acceptors (Lipinski definition) is 4. The molecule has 0 aromatic heterocycles. The van der Waals surface area contributed by atoms with Gasteiger partial charge in [-0.25, -0.2) is 4.58 Å². The SMILES string of the molecule is COc1ccc(N2C3=[N+](CCCS3)CC2(O)c2ccccc2)cc1. The highest BCUT2D eigenvalue weighted by Gasteiger charge is 2.55. The first-order valence-corrected chi connectivity index (χ1v) is 9.18. The zero-order valence-corrected chi connectivity index (χ0v) is 14.5. The molecule has 2 heterocycles. The maximum atomic E-state index is 11.7. The molecule has 2 aliphatic heterocycles. The lowest BCUT2D eigenvalue weighted by Gasteiger charge is -2.28. The number of aliphatic hydroxyl groups is 1. The monoisotopic (exact) mass is 341 g/mol. The van der Waals surface area contributed by atoms with Gasteiger partial charge in [-0.05, 0) is 42.4 Å². The van der Waals surface area contributed by atoms with Crippen molar-refractivity contribution in [2.45, 2.75) is 12.1 Å². The van der Waals surface area contributed by atoms with Gasteiger partial charge in [0.25, 0.3) is 5.72 Å². The Labute approximate surface area is 146 Å². The number of rotatable bonds is 3. The second kappa shape index (κ2) is 6.15. The van der Waals surface area contributed by atoms with Crippen molar-refractivity contribution in [1.82, 2.24) is 0 Å². The van der Waals surface area contributed by atoms with Crippen LogP contribution in [0.1, 0.15) is 12.0 Å². The van der Waals surface area contributed by atoms with Crippen molar-refractivity contribution < 1.29 is 14.4 Å². The largest absolute Gasteiger partial charge is 0.497 e. The van der Waals surface area contributed by atoms with Gasteiger partial charge >= 0.3 is 5.17 Å². The number of thioether (sulfide) groups is 1. The highest BCUT2D eigenvalue weighted by molar-refractivity contribution is 8.14. The molecule has 0 bridgehead atoms. The first kappa shape index (κ1) is 15.5. The lowest BCUT2D eigenvalue weighted by molar-refractivity contribution is -0.532. The van der Waals surface area contributed by atoms with Gasteiger partial charge in [0.05, 0.1) is 13.7 Å². The molecule has 5 heteroatoms. The standard InChI is InChI=1S/C19H21N2O2S/c1-23-17-10-8-16(9-11-17)21-18-20(12-5-13-24-18)14-19(21,22)15-6-3-2-4-7-15/h2-4,6-11,22H,5,12-14H2,1H3/q+1. The molecule has 1 unspecified atom stereocenters. The maximum Gasteiger partial charge on any atom is 0.316 e. The van der Waals surface area contributed by atoms with E-state index in [1.807, 2.05) is 66.4 Å². The van der Waals surface area contributed by atoms with Crippen molar-refractivity contribution in [2.75, 3.05) is 30.9 Å². The highest BCUT2D eigenvalue weighted by atomic mass is 32.2. The van der Waals surface area contributed by atoms with Gasteiger partial charge in [-0.3, -0.25) is 0 Å². The molecule has 2 aliphatic rings. The van der Waals surface area contributed by atoms with E-state index in [2.05, 4.69) is 9.48 Å². The van der Waals surface area contributed by atoms with Gasteiger partial charge in [-0.15, -0.1) is 0 Å². The lowest BCUT2D eigenvalue weighted by Crippen LogP contribution is -2.46. The van der Waals surface area contributed by atoms with Crippen molar-refractivity contribution >= 4 is 22.6 Å². The summed E-state index contributed by atoms with van der Waals surface area (Å²) in [7, 11) is 1.67. The van der Waals surface area contributed by atoms with Gasteiger partial charge in [-0.1, -0.05) is 30.3 Å². The van der Waals surface area contributed by atoms with Crippen molar-refractivity contribution in [1.29, 1.82) is 0 Å². The Kier molecular flexibility index (Phi) is 3.98. The van der Waals surface area contributed by atoms with Crippen molar-refractivity contribution in [3.8, 4) is 5.75 Å². The third-order valence-electron chi connectivity index (χ3n) is 4.61. The van der Waals surface area contributed by atoms with Gasteiger partial charge in [0.2, 0.25) is 0 Å². The summed E-state index contributed by atoms with van der Waals surface area (Å²) in [6.07, 6.45) is 1.15. The second-order valence-electron chi connectivity index (χ2n) is 6.12. The van der Waals surface area contributed by atoms with Crippen LogP contribution in [-0.4, -0.2) is 40.8 Å². The fourth-order valence-electron chi connectivity index (χ4n) is 3.43. The fraction of sp³-hybridized carbons (Fsp3) is 0.316. The molecule has 0 radical (unpaired) electrons. The van der Waals surface area contributed by atoms with Gasteiger partial charge < -0.3 is 9.84 Å². The summed E-state index contributed by atoms with van der Waals surface area (Å²) in [6, 6.07) is 17.9. The minimum Gasteiger partial charge on any atom is -0.497 e. The van der Waals surface area contributed by atoms with E-state index < -0.39 is 5.72 Å². The second-order valence-corrected chi connectivity index (χ2v) is 7.18. The summed E-state index contributed by atoms with van der Waals surface area (Å²) in [5.74, 6) is 1.91. The Morgan fingerprint density at radius 2 is 1.88 bits per heavy atom. The molecule has 1 atom stereocenters. The molecule has 4 nitrogen and oxygen atoms in total. The first-order chi connectivity index (χ1) is 11.7. The van der Waals surface area contributed by atoms with Gasteiger partial charge in [0.1, 0.15) is 11.4 Å². The highest BCUT2D eigenvalue weighted by Crippen LogP contribution is 2.40. The predicted molar refractivity (Wildman–Crippen MR) is 97.9 cm³/mol. The van der Waals surface area contributed by atoms with Crippen molar-refractivity contribution in [3.63, 3.8) is 0 Å². The van der Waals surface area contributed by atoms with Crippen LogP contribution in [0.15, 0.2) is 54.6 Å². The summed E-state index contributed by atoms with van der Waals surface area (Å²) < 4.78 is 7.57. The molecular formula is C19H21N2O2S+. The zero-order chi connectivity index (χ0) is 16.6. The Balaban J connectivity index is 1.81. The molecule has 0 fully saturated rings. The Hall–Kier alpha value is -1.98. The molecule has 124 valence electrons. The summed E-state index contributed by atoms with van der Waals surface area (Å²) in [4.78, 5) is 2.08. The van der Waals surface area contributed by atoms with Crippen LogP contribution in [0.25, 0.3) is 0 Å². The number of methoxy groups -OCH3 is 1. The Morgan fingerprint density at radius 1 is 1.12 bits per heavy atom. The van der Waals surface area contributed by atoms with Gasteiger partial charge in [-0.2, -0.15) is 4.90 Å². The lowest BCUT2D eigenvalue weighted by atomic mass is 10.0. The van der Waals surface area contributed by atoms with E-state index in [4.69, 9.17) is 4.74 Å². The molecule has 2 aromatic carbocycles. The Morgan fingerprint density at radius 3 is 2.58 bits per heavy atom. The van der Waals surface area contributed by atoms with E-state index in [1.165, 1.54) is 0 Å². The van der Waals surface area contributed by atoms with Crippen LogP contribution < -0.4 is 9.64 Å². The zero-order valence-electron chi connectivity index (χ0n) is 13.7. The molecular weight excluding hydrogens is 320 g/mol. The molecule has 24 heavy (non-hydrogen) atoms. The number of hydrogen-bond donors (Lipinski definition) is 1. The van der Waals surface area contributed by atoms with Crippen LogP contribution >= 0.6 is 11.8 Å². The average Bonchev–Trinajstić information content (AvgIpc) is 2.96. The number of amidine groups is 1. The number of benzene rings is 2. The van der Waals surface area contributed by atoms with Crippen molar-refractivity contribution in [2.24, 2.45) is 0 Å². The predicted octanol–water partition coefficient (Wildman–Crippen LogP) is 2.87. The van der Waals surface area contributed by atoms with E-state index in [9.17, 15) is 5.11 Å². The number of ether oxygens (including phenoxy) is 1. The van der Waals surface area contributed by atoms with Crippen LogP contribution in [0, 0.1) is 0 Å². The van der Waals surface area contributed by atoms with Crippen LogP contribution in [-0.2, 0) is 5.72 Å². The van der Waals surface area contributed by atoms with Crippen LogP contribution in [0.4, 0.5) is 5.69 Å². The minimum atomic E-state index is -1.05. The average molecular weight is 341 g/mol. The van der Waals surface area contributed by atoms with Crippen LogP contribution in [0.3, 0.4) is 0 Å². The summed E-state index contributed by atoms with van der Waals surface area (Å²) in [5, 5.41) is 12.8. The van der Waals surface area contributed by atoms with Gasteiger partial charge in [0.15, 0.2) is 6.54 Å². The molecule has 2 aromatic rings. The molecule has 1 N–H and O–H groups in total. The van der Waals surface area contributed by atoms with Crippen LogP contribution in [0.2, 0.25) is 0 Å². The fourth-order valence-corrected chi connectivity index (χ4v) is 4.61. The maximum absolute atomic E-state index is 11.7. The Bertz CT molecular complexity index is 761. The molecule has 0 aliphatic carbocycles. The topological polar surface area (TPSA) is 35.7 Å². The third-order valence-corrected chi connectivity index (χ3v) is 5.81. The number of anilines is 1. The molecule has 0 spiro atoms. The normalized spacial score (nSPS) is 23.3. The van der Waals surface area contributed by atoms with Crippen molar-refractivity contribution in [3.05, 3.63) is 60.2 Å². The quantitative estimate of drug-likeness (QED) is 0.871.